The van der Waals surface area contributed by atoms with Crippen LogP contribution >= 0.6 is 0 Å². The summed E-state index contributed by atoms with van der Waals surface area (Å²) in [7, 11) is 7.79. The number of esters is 1. The summed E-state index contributed by atoms with van der Waals surface area (Å²) in [5, 5.41) is 0. The molecule has 0 N–H and O–H groups in total. The second kappa shape index (κ2) is 8.74. The lowest BCUT2D eigenvalue weighted by Gasteiger charge is -2.23. The largest absolute Gasteiger partial charge is 0.460 e. The smallest absolute Gasteiger partial charge is 0.416 e. The number of halogens is 3. The van der Waals surface area contributed by atoms with E-state index >= 15 is 0 Å². The lowest BCUT2D eigenvalue weighted by molar-refractivity contribution is -0.154. The van der Waals surface area contributed by atoms with Crippen LogP contribution in [0.3, 0.4) is 0 Å². The molecular weight excluding hydrogens is 330 g/mol. The quantitative estimate of drug-likeness (QED) is 0.594. The third-order valence-corrected chi connectivity index (χ3v) is 3.56. The van der Waals surface area contributed by atoms with Crippen molar-refractivity contribution >= 4 is 13.8 Å². The van der Waals surface area contributed by atoms with Crippen LogP contribution in [0.25, 0.3) is 0 Å². The van der Waals surface area contributed by atoms with Crippen LogP contribution in [-0.2, 0) is 15.7 Å². The van der Waals surface area contributed by atoms with Gasteiger partial charge >= 0.3 is 12.1 Å². The molecular formula is C18H25BF3NO2. The van der Waals surface area contributed by atoms with E-state index in [1.807, 2.05) is 0 Å². The summed E-state index contributed by atoms with van der Waals surface area (Å²) in [5.41, 5.74) is -1.51. The van der Waals surface area contributed by atoms with Crippen LogP contribution in [0.2, 0.25) is 0 Å². The van der Waals surface area contributed by atoms with E-state index in [1.165, 1.54) is 38.1 Å². The van der Waals surface area contributed by atoms with E-state index in [0.717, 1.165) is 12.1 Å². The molecule has 2 rings (SSSR count). The highest BCUT2D eigenvalue weighted by Crippen LogP contribution is 2.31. The lowest BCUT2D eigenvalue weighted by atomic mass is 9.80. The van der Waals surface area contributed by atoms with Gasteiger partial charge in [-0.3, -0.25) is 4.79 Å². The Balaban J connectivity index is 0.000000435. The molecule has 1 aromatic rings. The SMILES string of the molecule is CN1CCCC1.[B][C@@H](C(=O)OC(C)(C)C)c1cccc(C(F)(F)F)c1. The van der Waals surface area contributed by atoms with E-state index in [1.54, 1.807) is 20.8 Å². The van der Waals surface area contributed by atoms with E-state index in [0.29, 0.717) is 0 Å². The number of ether oxygens (including phenoxy) is 1. The molecule has 0 amide bonds. The molecule has 138 valence electrons. The summed E-state index contributed by atoms with van der Waals surface area (Å²) in [5.74, 6) is -1.99. The highest BCUT2D eigenvalue weighted by atomic mass is 19.4. The topological polar surface area (TPSA) is 29.5 Å². The highest BCUT2D eigenvalue weighted by Gasteiger charge is 2.31. The standard InChI is InChI=1S/C13H14BF3O2.C5H11N/c1-12(2,3)19-11(18)10(14)8-5-4-6-9(7-8)13(15,16)17;1-6-4-2-3-5-6/h4-7,10H,1-3H3;2-5H2,1H3/t10-;/m1./s1. The van der Waals surface area contributed by atoms with Crippen molar-refractivity contribution in [3.05, 3.63) is 35.4 Å². The van der Waals surface area contributed by atoms with Gasteiger partial charge in [-0.2, -0.15) is 13.2 Å². The first-order valence-corrected chi connectivity index (χ1v) is 8.24. The van der Waals surface area contributed by atoms with Gasteiger partial charge in [-0.05, 0) is 65.4 Å². The predicted octanol–water partition coefficient (Wildman–Crippen LogP) is 3.97. The number of benzene rings is 1. The number of likely N-dealkylation sites (tertiary alicyclic amines) is 1. The van der Waals surface area contributed by atoms with Gasteiger partial charge < -0.3 is 9.64 Å². The van der Waals surface area contributed by atoms with Crippen LogP contribution in [0.1, 0.15) is 50.6 Å². The van der Waals surface area contributed by atoms with Gasteiger partial charge in [0.1, 0.15) is 5.60 Å². The summed E-state index contributed by atoms with van der Waals surface area (Å²) in [6, 6.07) is 4.35. The van der Waals surface area contributed by atoms with Gasteiger partial charge in [0.15, 0.2) is 0 Å². The molecule has 0 spiro atoms. The van der Waals surface area contributed by atoms with Crippen molar-refractivity contribution in [1.29, 1.82) is 0 Å². The average Bonchev–Trinajstić information content (AvgIpc) is 2.95. The Bertz CT molecular complexity index is 564. The summed E-state index contributed by atoms with van der Waals surface area (Å²) in [6.45, 7) is 7.61. The summed E-state index contributed by atoms with van der Waals surface area (Å²) >= 11 is 0. The number of rotatable bonds is 2. The van der Waals surface area contributed by atoms with E-state index < -0.39 is 29.1 Å². The Kier molecular flexibility index (Phi) is 7.53. The van der Waals surface area contributed by atoms with E-state index in [-0.39, 0.29) is 5.56 Å². The van der Waals surface area contributed by atoms with Crippen molar-refractivity contribution in [2.45, 2.75) is 51.2 Å². The molecule has 25 heavy (non-hydrogen) atoms. The van der Waals surface area contributed by atoms with Crippen LogP contribution < -0.4 is 0 Å². The van der Waals surface area contributed by atoms with Crippen LogP contribution in [0, 0.1) is 0 Å². The molecule has 0 saturated carbocycles. The normalized spacial score (nSPS) is 16.8. The zero-order chi connectivity index (χ0) is 19.3. The zero-order valence-corrected chi connectivity index (χ0v) is 15.2. The maximum Gasteiger partial charge on any atom is 0.416 e. The fourth-order valence-corrected chi connectivity index (χ4v) is 2.29. The number of carbonyl (C=O) groups is 1. The highest BCUT2D eigenvalue weighted by molar-refractivity contribution is 6.23. The van der Waals surface area contributed by atoms with Crippen molar-refractivity contribution in [2.75, 3.05) is 20.1 Å². The molecule has 3 nitrogen and oxygen atoms in total. The van der Waals surface area contributed by atoms with Crippen molar-refractivity contribution in [3.63, 3.8) is 0 Å². The Hall–Kier alpha value is -1.50. The first-order valence-electron chi connectivity index (χ1n) is 8.24. The lowest BCUT2D eigenvalue weighted by Crippen LogP contribution is -2.28. The minimum absolute atomic E-state index is 0.0732. The van der Waals surface area contributed by atoms with Crippen LogP contribution in [0.5, 0.6) is 0 Å². The molecule has 1 fully saturated rings. The molecule has 1 aliphatic heterocycles. The number of carbonyl (C=O) groups excluding carboxylic acids is 1. The molecule has 1 atom stereocenters. The Morgan fingerprint density at radius 3 is 2.16 bits per heavy atom. The van der Waals surface area contributed by atoms with Gasteiger partial charge in [0.25, 0.3) is 0 Å². The maximum absolute atomic E-state index is 12.5. The second-order valence-electron chi connectivity index (χ2n) is 7.14. The third kappa shape index (κ3) is 7.95. The van der Waals surface area contributed by atoms with Crippen LogP contribution in [0.15, 0.2) is 24.3 Å². The molecule has 0 aliphatic carbocycles. The van der Waals surface area contributed by atoms with Gasteiger partial charge in [-0.1, -0.05) is 18.2 Å². The van der Waals surface area contributed by atoms with Gasteiger partial charge in [-0.25, -0.2) is 0 Å². The minimum Gasteiger partial charge on any atom is -0.460 e. The fourth-order valence-electron chi connectivity index (χ4n) is 2.29. The first kappa shape index (κ1) is 21.5. The molecule has 1 aromatic carbocycles. The van der Waals surface area contributed by atoms with E-state index in [4.69, 9.17) is 12.6 Å². The molecule has 1 saturated heterocycles. The van der Waals surface area contributed by atoms with E-state index in [2.05, 4.69) is 11.9 Å². The monoisotopic (exact) mass is 355 g/mol. The van der Waals surface area contributed by atoms with Gasteiger partial charge in [0, 0.05) is 5.82 Å². The summed E-state index contributed by atoms with van der Waals surface area (Å²) < 4.78 is 42.7. The van der Waals surface area contributed by atoms with Gasteiger partial charge in [0.2, 0.25) is 0 Å². The number of hydrogen-bond acceptors (Lipinski definition) is 3. The minimum atomic E-state index is -4.47. The Morgan fingerprint density at radius 2 is 1.76 bits per heavy atom. The molecule has 1 heterocycles. The Morgan fingerprint density at radius 1 is 1.20 bits per heavy atom. The molecule has 0 aromatic heterocycles. The third-order valence-electron chi connectivity index (χ3n) is 3.56. The molecule has 0 unspecified atom stereocenters. The van der Waals surface area contributed by atoms with Crippen molar-refractivity contribution < 1.29 is 22.7 Å². The maximum atomic E-state index is 12.5. The molecule has 2 radical (unpaired) electrons. The van der Waals surface area contributed by atoms with E-state index in [9.17, 15) is 18.0 Å². The van der Waals surface area contributed by atoms with Crippen LogP contribution in [0.4, 0.5) is 13.2 Å². The molecule has 0 bridgehead atoms. The second-order valence-corrected chi connectivity index (χ2v) is 7.14. The fraction of sp³-hybridized carbons (Fsp3) is 0.611. The van der Waals surface area contributed by atoms with Gasteiger partial charge in [-0.15, -0.1) is 0 Å². The summed E-state index contributed by atoms with van der Waals surface area (Å²) in [6.07, 6.45) is -1.64. The number of alkyl halides is 3. The average molecular weight is 355 g/mol. The van der Waals surface area contributed by atoms with Crippen molar-refractivity contribution in [1.82, 2.24) is 4.90 Å². The molecule has 7 heteroatoms. The number of hydrogen-bond donors (Lipinski definition) is 0. The molecule has 1 aliphatic rings. The zero-order valence-electron chi connectivity index (χ0n) is 15.2. The Labute approximate surface area is 148 Å². The predicted molar refractivity (Wildman–Crippen MR) is 92.5 cm³/mol. The van der Waals surface area contributed by atoms with Crippen molar-refractivity contribution in [2.24, 2.45) is 0 Å². The van der Waals surface area contributed by atoms with Crippen molar-refractivity contribution in [3.8, 4) is 0 Å². The van der Waals surface area contributed by atoms with Crippen LogP contribution in [-0.4, -0.2) is 44.5 Å². The summed E-state index contributed by atoms with van der Waals surface area (Å²) in [4.78, 5) is 14.1. The first-order chi connectivity index (χ1) is 11.4. The van der Waals surface area contributed by atoms with Gasteiger partial charge in [0.05, 0.1) is 13.4 Å². The number of nitrogens with zero attached hydrogens (tertiary/aromatic N) is 1.